The van der Waals surface area contributed by atoms with Crippen molar-refractivity contribution < 1.29 is 9.47 Å². The number of hydrogen-bond donors (Lipinski definition) is 1. The summed E-state index contributed by atoms with van der Waals surface area (Å²) in [5.74, 6) is 1.67. The molecule has 1 N–H and O–H groups in total. The lowest BCUT2D eigenvalue weighted by Crippen LogP contribution is -2.37. The minimum atomic E-state index is 0.652. The molecule has 5 rings (SSSR count). The smallest absolute Gasteiger partial charge is 0.168 e. The van der Waals surface area contributed by atoms with Crippen LogP contribution in [-0.4, -0.2) is 64.1 Å². The minimum Gasteiger partial charge on any atom is -0.494 e. The molecule has 8 heteroatoms. The SMILES string of the molecule is Cc1cccc(-n2ncc3c(NCc4ccc(OCCCN5CCOCC5)cc4)ncnc32)c1. The average molecular weight is 459 g/mol. The fraction of sp³-hybridized carbons (Fsp3) is 0.346. The fourth-order valence-corrected chi connectivity index (χ4v) is 4.13. The molecule has 3 heterocycles. The van der Waals surface area contributed by atoms with Gasteiger partial charge in [0.2, 0.25) is 0 Å². The number of anilines is 1. The standard InChI is InChI=1S/C26H30N6O2/c1-20-4-2-5-22(16-20)32-26-24(18-30-32)25(28-19-29-26)27-17-21-6-8-23(9-7-21)34-13-3-10-31-11-14-33-15-12-31/h2,4-9,16,18-19H,3,10-15,17H2,1H3,(H,27,28,29). The number of morpholine rings is 1. The van der Waals surface area contributed by atoms with E-state index in [1.807, 2.05) is 35.1 Å². The van der Waals surface area contributed by atoms with Crippen molar-refractivity contribution in [2.75, 3.05) is 44.8 Å². The van der Waals surface area contributed by atoms with Crippen molar-refractivity contribution in [2.45, 2.75) is 19.9 Å². The number of hydrogen-bond acceptors (Lipinski definition) is 7. The lowest BCUT2D eigenvalue weighted by atomic mass is 10.2. The summed E-state index contributed by atoms with van der Waals surface area (Å²) < 4.78 is 13.2. The molecule has 1 aliphatic rings. The Morgan fingerprint density at radius 1 is 1.06 bits per heavy atom. The Kier molecular flexibility index (Phi) is 6.97. The Hall–Kier alpha value is -3.49. The molecule has 1 fully saturated rings. The van der Waals surface area contributed by atoms with Gasteiger partial charge in [0, 0.05) is 26.2 Å². The summed E-state index contributed by atoms with van der Waals surface area (Å²) in [5, 5.41) is 8.87. The van der Waals surface area contributed by atoms with Crippen molar-refractivity contribution in [3.8, 4) is 11.4 Å². The highest BCUT2D eigenvalue weighted by Crippen LogP contribution is 2.23. The molecule has 8 nitrogen and oxygen atoms in total. The van der Waals surface area contributed by atoms with Crippen LogP contribution in [0.25, 0.3) is 16.7 Å². The van der Waals surface area contributed by atoms with Crippen LogP contribution >= 0.6 is 0 Å². The first kappa shape index (κ1) is 22.3. The normalized spacial score (nSPS) is 14.4. The summed E-state index contributed by atoms with van der Waals surface area (Å²) in [4.78, 5) is 11.3. The number of rotatable bonds is 9. The second kappa shape index (κ2) is 10.6. The Balaban J connectivity index is 1.16. The number of nitrogens with zero attached hydrogens (tertiary/aromatic N) is 5. The molecule has 4 aromatic rings. The summed E-state index contributed by atoms with van der Waals surface area (Å²) in [7, 11) is 0. The van der Waals surface area contributed by atoms with Crippen molar-refractivity contribution in [1.29, 1.82) is 0 Å². The first-order valence-corrected chi connectivity index (χ1v) is 11.8. The van der Waals surface area contributed by atoms with Crippen molar-refractivity contribution in [3.05, 3.63) is 72.2 Å². The van der Waals surface area contributed by atoms with Crippen LogP contribution in [0, 0.1) is 6.92 Å². The highest BCUT2D eigenvalue weighted by molar-refractivity contribution is 5.87. The highest BCUT2D eigenvalue weighted by Gasteiger charge is 2.12. The Bertz CT molecular complexity index is 1220. The average Bonchev–Trinajstić information content (AvgIpc) is 3.32. The topological polar surface area (TPSA) is 77.3 Å². The minimum absolute atomic E-state index is 0.652. The maximum Gasteiger partial charge on any atom is 0.168 e. The second-order valence-electron chi connectivity index (χ2n) is 8.51. The zero-order valence-electron chi connectivity index (χ0n) is 19.5. The maximum atomic E-state index is 5.92. The number of aromatic nitrogens is 4. The molecule has 0 aliphatic carbocycles. The summed E-state index contributed by atoms with van der Waals surface area (Å²) in [6.45, 7) is 8.22. The summed E-state index contributed by atoms with van der Waals surface area (Å²) in [6, 6.07) is 16.4. The van der Waals surface area contributed by atoms with Gasteiger partial charge in [-0.2, -0.15) is 5.10 Å². The molecule has 1 saturated heterocycles. The molecule has 0 saturated carbocycles. The van der Waals surface area contributed by atoms with Gasteiger partial charge in [0.05, 0.1) is 37.1 Å². The third-order valence-electron chi connectivity index (χ3n) is 5.99. The summed E-state index contributed by atoms with van der Waals surface area (Å²) in [6.07, 6.45) is 4.41. The molecule has 0 bridgehead atoms. The van der Waals surface area contributed by atoms with Crippen LogP contribution in [0.15, 0.2) is 61.1 Å². The van der Waals surface area contributed by atoms with Crippen LogP contribution in [0.1, 0.15) is 17.5 Å². The van der Waals surface area contributed by atoms with Crippen LogP contribution in [0.3, 0.4) is 0 Å². The largest absolute Gasteiger partial charge is 0.494 e. The van der Waals surface area contributed by atoms with Gasteiger partial charge < -0.3 is 14.8 Å². The van der Waals surface area contributed by atoms with Crippen LogP contribution in [-0.2, 0) is 11.3 Å². The van der Waals surface area contributed by atoms with E-state index in [0.717, 1.165) is 79.7 Å². The number of benzene rings is 2. The van der Waals surface area contributed by atoms with E-state index in [1.54, 1.807) is 6.33 Å². The Labute approximate surface area is 199 Å². The molecule has 0 spiro atoms. The molecule has 0 amide bonds. The van der Waals surface area contributed by atoms with Crippen molar-refractivity contribution in [2.24, 2.45) is 0 Å². The zero-order valence-corrected chi connectivity index (χ0v) is 19.5. The van der Waals surface area contributed by atoms with Gasteiger partial charge in [-0.05, 0) is 48.7 Å². The third-order valence-corrected chi connectivity index (χ3v) is 5.99. The molecular formula is C26H30N6O2. The molecular weight excluding hydrogens is 428 g/mol. The molecule has 1 aliphatic heterocycles. The van der Waals surface area contributed by atoms with Gasteiger partial charge in [-0.15, -0.1) is 0 Å². The van der Waals surface area contributed by atoms with E-state index in [4.69, 9.17) is 9.47 Å². The van der Waals surface area contributed by atoms with Gasteiger partial charge in [-0.3, -0.25) is 4.90 Å². The molecule has 0 atom stereocenters. The van der Waals surface area contributed by atoms with E-state index in [1.165, 1.54) is 5.56 Å². The van der Waals surface area contributed by atoms with Gasteiger partial charge in [-0.25, -0.2) is 14.6 Å². The van der Waals surface area contributed by atoms with Crippen LogP contribution in [0.4, 0.5) is 5.82 Å². The van der Waals surface area contributed by atoms with Crippen molar-refractivity contribution >= 4 is 16.9 Å². The first-order valence-electron chi connectivity index (χ1n) is 11.8. The predicted molar refractivity (Wildman–Crippen MR) is 133 cm³/mol. The molecule has 0 unspecified atom stereocenters. The first-order chi connectivity index (χ1) is 16.8. The molecule has 0 radical (unpaired) electrons. The van der Waals surface area contributed by atoms with E-state index in [-0.39, 0.29) is 0 Å². The van der Waals surface area contributed by atoms with Crippen molar-refractivity contribution in [3.63, 3.8) is 0 Å². The summed E-state index contributed by atoms with van der Waals surface area (Å²) >= 11 is 0. The Morgan fingerprint density at radius 2 is 1.91 bits per heavy atom. The fourth-order valence-electron chi connectivity index (χ4n) is 4.13. The number of nitrogens with one attached hydrogen (secondary N) is 1. The van der Waals surface area contributed by atoms with E-state index in [0.29, 0.717) is 6.54 Å². The summed E-state index contributed by atoms with van der Waals surface area (Å²) in [5.41, 5.74) is 4.10. The van der Waals surface area contributed by atoms with Gasteiger partial charge >= 0.3 is 0 Å². The quantitative estimate of drug-likeness (QED) is 0.382. The molecule has 2 aromatic carbocycles. The number of aryl methyl sites for hydroxylation is 1. The number of fused-ring (bicyclic) bond motifs is 1. The van der Waals surface area contributed by atoms with Gasteiger partial charge in [-0.1, -0.05) is 24.3 Å². The zero-order chi connectivity index (χ0) is 23.2. The van der Waals surface area contributed by atoms with E-state index in [9.17, 15) is 0 Å². The lowest BCUT2D eigenvalue weighted by molar-refractivity contribution is 0.0358. The van der Waals surface area contributed by atoms with Crippen LogP contribution in [0.2, 0.25) is 0 Å². The van der Waals surface area contributed by atoms with E-state index >= 15 is 0 Å². The van der Waals surface area contributed by atoms with Crippen LogP contribution < -0.4 is 10.1 Å². The van der Waals surface area contributed by atoms with Crippen molar-refractivity contribution in [1.82, 2.24) is 24.6 Å². The van der Waals surface area contributed by atoms with Gasteiger partial charge in [0.1, 0.15) is 17.9 Å². The monoisotopic (exact) mass is 458 g/mol. The van der Waals surface area contributed by atoms with Gasteiger partial charge in [0.15, 0.2) is 5.65 Å². The molecule has 2 aromatic heterocycles. The molecule has 176 valence electrons. The third kappa shape index (κ3) is 5.35. The Morgan fingerprint density at radius 3 is 2.74 bits per heavy atom. The highest BCUT2D eigenvalue weighted by atomic mass is 16.5. The second-order valence-corrected chi connectivity index (χ2v) is 8.51. The van der Waals surface area contributed by atoms with Crippen LogP contribution in [0.5, 0.6) is 5.75 Å². The molecule has 34 heavy (non-hydrogen) atoms. The van der Waals surface area contributed by atoms with Gasteiger partial charge in [0.25, 0.3) is 0 Å². The van der Waals surface area contributed by atoms with E-state index < -0.39 is 0 Å². The lowest BCUT2D eigenvalue weighted by Gasteiger charge is -2.26. The number of ether oxygens (including phenoxy) is 2. The van der Waals surface area contributed by atoms with E-state index in [2.05, 4.69) is 56.5 Å². The maximum absolute atomic E-state index is 5.92. The predicted octanol–water partition coefficient (Wildman–Crippen LogP) is 3.84.